The van der Waals surface area contributed by atoms with Crippen molar-refractivity contribution in [1.82, 2.24) is 5.43 Å². The average molecular weight is 268 g/mol. The maximum atomic E-state index is 5.78. The highest BCUT2D eigenvalue weighted by Crippen LogP contribution is 2.24. The number of nitrogens with two attached hydrogens (primary N) is 1. The minimum atomic E-state index is 0.424. The Labute approximate surface area is 116 Å². The van der Waals surface area contributed by atoms with Gasteiger partial charge in [0, 0.05) is 15.8 Å². The van der Waals surface area contributed by atoms with Gasteiger partial charge in [0.2, 0.25) is 0 Å². The number of thiophene rings is 1. The second-order valence-electron chi connectivity index (χ2n) is 5.04. The molecule has 0 saturated carbocycles. The Morgan fingerprint density at radius 1 is 1.11 bits per heavy atom. The Morgan fingerprint density at radius 2 is 1.72 bits per heavy atom. The first-order chi connectivity index (χ1) is 8.74. The molecule has 104 valence electrons. The normalized spacial score (nSPS) is 13.2. The van der Waals surface area contributed by atoms with E-state index in [1.165, 1.54) is 35.4 Å². The minimum absolute atomic E-state index is 0.424. The SMILES string of the molecule is CCCC(CCC)C(Cc1ccc(CC)s1)NN. The molecule has 3 N–H and O–H groups in total. The Morgan fingerprint density at radius 3 is 2.17 bits per heavy atom. The third-order valence-corrected chi connectivity index (χ3v) is 4.84. The van der Waals surface area contributed by atoms with Gasteiger partial charge in [0.25, 0.3) is 0 Å². The highest BCUT2D eigenvalue weighted by atomic mass is 32.1. The van der Waals surface area contributed by atoms with Crippen molar-refractivity contribution in [3.63, 3.8) is 0 Å². The van der Waals surface area contributed by atoms with Crippen molar-refractivity contribution in [2.45, 2.75) is 65.3 Å². The van der Waals surface area contributed by atoms with Crippen molar-refractivity contribution < 1.29 is 0 Å². The van der Waals surface area contributed by atoms with Crippen molar-refractivity contribution in [1.29, 1.82) is 0 Å². The molecule has 0 fully saturated rings. The van der Waals surface area contributed by atoms with E-state index in [9.17, 15) is 0 Å². The fourth-order valence-electron chi connectivity index (χ4n) is 2.59. The molecule has 1 aromatic heterocycles. The van der Waals surface area contributed by atoms with Crippen molar-refractivity contribution in [3.05, 3.63) is 21.9 Å². The molecule has 0 aliphatic rings. The minimum Gasteiger partial charge on any atom is -0.271 e. The lowest BCUT2D eigenvalue weighted by Crippen LogP contribution is -2.42. The summed E-state index contributed by atoms with van der Waals surface area (Å²) in [5.41, 5.74) is 3.05. The first-order valence-corrected chi connectivity index (χ1v) is 8.10. The highest BCUT2D eigenvalue weighted by molar-refractivity contribution is 7.11. The predicted octanol–water partition coefficient (Wildman–Crippen LogP) is 3.90. The summed E-state index contributed by atoms with van der Waals surface area (Å²) in [6.45, 7) is 6.73. The van der Waals surface area contributed by atoms with Crippen LogP contribution in [0.2, 0.25) is 0 Å². The average Bonchev–Trinajstić information content (AvgIpc) is 2.83. The Balaban J connectivity index is 2.62. The van der Waals surface area contributed by atoms with Crippen LogP contribution in [0.5, 0.6) is 0 Å². The number of rotatable bonds is 9. The van der Waals surface area contributed by atoms with Gasteiger partial charge in [0.1, 0.15) is 0 Å². The van der Waals surface area contributed by atoms with Gasteiger partial charge < -0.3 is 0 Å². The molecule has 0 amide bonds. The zero-order chi connectivity index (χ0) is 13.4. The predicted molar refractivity (Wildman–Crippen MR) is 81.8 cm³/mol. The molecule has 1 atom stereocenters. The van der Waals surface area contributed by atoms with E-state index in [4.69, 9.17) is 5.84 Å². The summed E-state index contributed by atoms with van der Waals surface area (Å²) in [5, 5.41) is 0. The van der Waals surface area contributed by atoms with Gasteiger partial charge in [-0.1, -0.05) is 33.6 Å². The topological polar surface area (TPSA) is 38.0 Å². The summed E-state index contributed by atoms with van der Waals surface area (Å²) in [7, 11) is 0. The van der Waals surface area contributed by atoms with Crippen LogP contribution in [0.3, 0.4) is 0 Å². The molecule has 1 unspecified atom stereocenters. The van der Waals surface area contributed by atoms with Crippen LogP contribution in [0.25, 0.3) is 0 Å². The third kappa shape index (κ3) is 4.71. The molecule has 3 heteroatoms. The van der Waals surface area contributed by atoms with Gasteiger partial charge >= 0.3 is 0 Å². The number of hydrazine groups is 1. The summed E-state index contributed by atoms with van der Waals surface area (Å²) in [5.74, 6) is 6.48. The Kier molecular flexibility index (Phi) is 7.56. The Hall–Kier alpha value is -0.380. The zero-order valence-electron chi connectivity index (χ0n) is 12.0. The number of nitrogens with one attached hydrogen (secondary N) is 1. The lowest BCUT2D eigenvalue weighted by molar-refractivity contribution is 0.312. The molecule has 0 aromatic carbocycles. The quantitative estimate of drug-likeness (QED) is 0.526. The van der Waals surface area contributed by atoms with E-state index in [1.54, 1.807) is 0 Å². The van der Waals surface area contributed by atoms with E-state index in [1.807, 2.05) is 11.3 Å². The van der Waals surface area contributed by atoms with E-state index < -0.39 is 0 Å². The molecular formula is C15H28N2S. The fraction of sp³-hybridized carbons (Fsp3) is 0.733. The molecule has 0 radical (unpaired) electrons. The molecule has 1 aromatic rings. The van der Waals surface area contributed by atoms with Crippen LogP contribution in [0.15, 0.2) is 12.1 Å². The van der Waals surface area contributed by atoms with Gasteiger partial charge in [-0.25, -0.2) is 0 Å². The molecule has 0 aliphatic heterocycles. The van der Waals surface area contributed by atoms with Crippen molar-refractivity contribution in [2.24, 2.45) is 11.8 Å². The fourth-order valence-corrected chi connectivity index (χ4v) is 3.60. The van der Waals surface area contributed by atoms with Gasteiger partial charge in [-0.15, -0.1) is 11.3 Å². The molecule has 0 bridgehead atoms. The smallest absolute Gasteiger partial charge is 0.0286 e. The van der Waals surface area contributed by atoms with Gasteiger partial charge in [0.15, 0.2) is 0 Å². The van der Waals surface area contributed by atoms with Crippen LogP contribution in [0.1, 0.15) is 56.2 Å². The molecular weight excluding hydrogens is 240 g/mol. The van der Waals surface area contributed by atoms with Crippen LogP contribution in [0, 0.1) is 5.92 Å². The molecule has 0 saturated heterocycles. The van der Waals surface area contributed by atoms with Crippen LogP contribution in [-0.2, 0) is 12.8 Å². The molecule has 2 nitrogen and oxygen atoms in total. The lowest BCUT2D eigenvalue weighted by Gasteiger charge is -2.25. The molecule has 1 heterocycles. The number of aryl methyl sites for hydroxylation is 1. The second kappa shape index (κ2) is 8.68. The van der Waals surface area contributed by atoms with Crippen molar-refractivity contribution >= 4 is 11.3 Å². The van der Waals surface area contributed by atoms with E-state index >= 15 is 0 Å². The summed E-state index contributed by atoms with van der Waals surface area (Å²) < 4.78 is 0. The molecule has 1 rings (SSSR count). The summed E-state index contributed by atoms with van der Waals surface area (Å²) in [4.78, 5) is 2.94. The van der Waals surface area contributed by atoms with Gasteiger partial charge in [-0.3, -0.25) is 11.3 Å². The summed E-state index contributed by atoms with van der Waals surface area (Å²) >= 11 is 1.93. The van der Waals surface area contributed by atoms with Gasteiger partial charge in [-0.2, -0.15) is 0 Å². The van der Waals surface area contributed by atoms with Gasteiger partial charge in [-0.05, 0) is 43.7 Å². The van der Waals surface area contributed by atoms with E-state index in [2.05, 4.69) is 38.3 Å². The first-order valence-electron chi connectivity index (χ1n) is 7.28. The summed E-state index contributed by atoms with van der Waals surface area (Å²) in [6, 6.07) is 4.94. The van der Waals surface area contributed by atoms with Crippen LogP contribution in [-0.4, -0.2) is 6.04 Å². The molecule has 18 heavy (non-hydrogen) atoms. The lowest BCUT2D eigenvalue weighted by atomic mass is 9.88. The Bertz CT molecular complexity index is 316. The van der Waals surface area contributed by atoms with Crippen LogP contribution < -0.4 is 11.3 Å². The largest absolute Gasteiger partial charge is 0.271 e. The monoisotopic (exact) mass is 268 g/mol. The van der Waals surface area contributed by atoms with Crippen molar-refractivity contribution in [2.75, 3.05) is 0 Å². The van der Waals surface area contributed by atoms with Crippen LogP contribution in [0.4, 0.5) is 0 Å². The molecule has 0 spiro atoms. The molecule has 0 aliphatic carbocycles. The second-order valence-corrected chi connectivity index (χ2v) is 6.29. The maximum Gasteiger partial charge on any atom is 0.0286 e. The highest BCUT2D eigenvalue weighted by Gasteiger charge is 2.19. The third-order valence-electron chi connectivity index (χ3n) is 3.59. The van der Waals surface area contributed by atoms with E-state index in [-0.39, 0.29) is 0 Å². The van der Waals surface area contributed by atoms with E-state index in [0.717, 1.165) is 12.8 Å². The zero-order valence-corrected chi connectivity index (χ0v) is 12.9. The number of hydrogen-bond acceptors (Lipinski definition) is 3. The van der Waals surface area contributed by atoms with Gasteiger partial charge in [0.05, 0.1) is 0 Å². The van der Waals surface area contributed by atoms with Crippen molar-refractivity contribution in [3.8, 4) is 0 Å². The maximum absolute atomic E-state index is 5.78. The van der Waals surface area contributed by atoms with E-state index in [0.29, 0.717) is 12.0 Å². The summed E-state index contributed by atoms with van der Waals surface area (Å²) in [6.07, 6.45) is 7.25. The standard InChI is InChI=1S/C15H28N2S/c1-4-7-12(8-5-2)15(17-16)11-14-10-9-13(6-3)18-14/h9-10,12,15,17H,4-8,11,16H2,1-3H3. The number of hydrogen-bond donors (Lipinski definition) is 2. The first kappa shape index (κ1) is 15.7. The van der Waals surface area contributed by atoms with Crippen LogP contribution >= 0.6 is 11.3 Å².